The molecule has 0 aliphatic carbocycles. The zero-order valence-electron chi connectivity index (χ0n) is 7.02. The van der Waals surface area contributed by atoms with Crippen LogP contribution in [0, 0.1) is 6.92 Å². The summed E-state index contributed by atoms with van der Waals surface area (Å²) in [5.41, 5.74) is 0.883. The molecule has 2 aromatic heterocycles. The van der Waals surface area contributed by atoms with Crippen LogP contribution in [0.5, 0.6) is 0 Å². The first-order valence-electron chi connectivity index (χ1n) is 3.77. The molecule has 5 nitrogen and oxygen atoms in total. The minimum Gasteiger partial charge on any atom is -0.359 e. The van der Waals surface area contributed by atoms with Gasteiger partial charge in [-0.1, -0.05) is 5.16 Å². The highest BCUT2D eigenvalue weighted by atomic mass is 32.1. The quantitative estimate of drug-likeness (QED) is 0.804. The van der Waals surface area contributed by atoms with E-state index in [9.17, 15) is 0 Å². The molecule has 0 radical (unpaired) electrons. The summed E-state index contributed by atoms with van der Waals surface area (Å²) < 4.78 is 8.87. The fourth-order valence-corrected chi connectivity index (χ4v) is 1.34. The summed E-state index contributed by atoms with van der Waals surface area (Å²) in [6, 6.07) is 1.88. The SMILES string of the molecule is Cc1cc(CNc2ncns2)on1. The zero-order valence-corrected chi connectivity index (χ0v) is 7.84. The molecule has 0 atom stereocenters. The van der Waals surface area contributed by atoms with Crippen LogP contribution >= 0.6 is 11.5 Å². The van der Waals surface area contributed by atoms with Crippen LogP contribution in [0.2, 0.25) is 0 Å². The van der Waals surface area contributed by atoms with E-state index >= 15 is 0 Å². The van der Waals surface area contributed by atoms with Gasteiger partial charge in [-0.25, -0.2) is 4.98 Å². The molecule has 6 heteroatoms. The van der Waals surface area contributed by atoms with Crippen LogP contribution in [0.1, 0.15) is 11.5 Å². The van der Waals surface area contributed by atoms with Crippen LogP contribution in [0.4, 0.5) is 5.13 Å². The van der Waals surface area contributed by atoms with Crippen molar-refractivity contribution in [2.24, 2.45) is 0 Å². The monoisotopic (exact) mass is 196 g/mol. The molecule has 2 heterocycles. The number of rotatable bonds is 3. The van der Waals surface area contributed by atoms with Gasteiger partial charge in [-0.05, 0) is 6.92 Å². The third kappa shape index (κ3) is 2.03. The standard InChI is InChI=1S/C7H8N4OS/c1-5-2-6(12-11-5)3-8-7-9-4-10-13-7/h2,4H,3H2,1H3,(H,8,9,10). The van der Waals surface area contributed by atoms with Crippen LogP contribution in [-0.2, 0) is 6.54 Å². The zero-order chi connectivity index (χ0) is 9.10. The van der Waals surface area contributed by atoms with Crippen molar-refractivity contribution in [3.05, 3.63) is 23.8 Å². The van der Waals surface area contributed by atoms with Crippen molar-refractivity contribution in [2.75, 3.05) is 5.32 Å². The fourth-order valence-electron chi connectivity index (χ4n) is 0.913. The fraction of sp³-hybridized carbons (Fsp3) is 0.286. The van der Waals surface area contributed by atoms with E-state index in [1.807, 2.05) is 13.0 Å². The van der Waals surface area contributed by atoms with E-state index in [1.54, 1.807) is 0 Å². The van der Waals surface area contributed by atoms with Crippen molar-refractivity contribution >= 4 is 16.7 Å². The molecule has 0 aromatic carbocycles. The normalized spacial score (nSPS) is 10.2. The molecule has 0 saturated heterocycles. The lowest BCUT2D eigenvalue weighted by Crippen LogP contribution is -1.96. The largest absolute Gasteiger partial charge is 0.359 e. The Morgan fingerprint density at radius 3 is 3.15 bits per heavy atom. The maximum absolute atomic E-state index is 5.01. The van der Waals surface area contributed by atoms with E-state index in [4.69, 9.17) is 4.52 Å². The third-order valence-corrected chi connectivity index (χ3v) is 2.07. The average Bonchev–Trinajstić information content (AvgIpc) is 2.71. The third-order valence-electron chi connectivity index (χ3n) is 1.45. The Morgan fingerprint density at radius 2 is 2.54 bits per heavy atom. The Hall–Kier alpha value is -1.43. The number of anilines is 1. The first-order chi connectivity index (χ1) is 6.34. The van der Waals surface area contributed by atoms with Crippen LogP contribution in [0.3, 0.4) is 0 Å². The van der Waals surface area contributed by atoms with Crippen molar-refractivity contribution in [3.8, 4) is 0 Å². The lowest BCUT2D eigenvalue weighted by Gasteiger charge is -1.95. The molecule has 0 saturated carbocycles. The summed E-state index contributed by atoms with van der Waals surface area (Å²) >= 11 is 1.31. The molecule has 0 amide bonds. The van der Waals surface area contributed by atoms with Gasteiger partial charge in [0, 0.05) is 17.6 Å². The lowest BCUT2D eigenvalue weighted by atomic mass is 10.4. The molecule has 0 fully saturated rings. The van der Waals surface area contributed by atoms with Gasteiger partial charge in [0.15, 0.2) is 5.76 Å². The minimum atomic E-state index is 0.593. The molecule has 2 rings (SSSR count). The van der Waals surface area contributed by atoms with Gasteiger partial charge in [0.05, 0.1) is 12.2 Å². The first-order valence-corrected chi connectivity index (χ1v) is 4.54. The van der Waals surface area contributed by atoms with Gasteiger partial charge >= 0.3 is 0 Å². The Labute approximate surface area is 79.0 Å². The van der Waals surface area contributed by atoms with Crippen molar-refractivity contribution in [3.63, 3.8) is 0 Å². The van der Waals surface area contributed by atoms with E-state index in [1.165, 1.54) is 17.9 Å². The molecular weight excluding hydrogens is 188 g/mol. The predicted octanol–water partition coefficient (Wildman–Crippen LogP) is 1.45. The van der Waals surface area contributed by atoms with Crippen LogP contribution in [0.25, 0.3) is 0 Å². The average molecular weight is 196 g/mol. The number of nitrogens with zero attached hydrogens (tertiary/aromatic N) is 3. The second kappa shape index (κ2) is 3.53. The van der Waals surface area contributed by atoms with Gasteiger partial charge in [-0.2, -0.15) is 4.37 Å². The van der Waals surface area contributed by atoms with Gasteiger partial charge in [-0.15, -0.1) is 0 Å². The summed E-state index contributed by atoms with van der Waals surface area (Å²) in [4.78, 5) is 3.97. The van der Waals surface area contributed by atoms with Crippen LogP contribution in [0.15, 0.2) is 16.9 Å². The summed E-state index contributed by atoms with van der Waals surface area (Å²) in [6.45, 7) is 2.48. The van der Waals surface area contributed by atoms with Gasteiger partial charge in [-0.3, -0.25) is 0 Å². The van der Waals surface area contributed by atoms with E-state index in [2.05, 4.69) is 19.8 Å². The summed E-state index contributed by atoms with van der Waals surface area (Å²) in [6.07, 6.45) is 1.51. The molecule has 0 unspecified atom stereocenters. The van der Waals surface area contributed by atoms with Crippen molar-refractivity contribution in [1.29, 1.82) is 0 Å². The highest BCUT2D eigenvalue weighted by Crippen LogP contribution is 2.09. The van der Waals surface area contributed by atoms with Gasteiger partial charge < -0.3 is 9.84 Å². The Kier molecular flexibility index (Phi) is 2.22. The Morgan fingerprint density at radius 1 is 1.62 bits per heavy atom. The van der Waals surface area contributed by atoms with Crippen LogP contribution in [-0.4, -0.2) is 14.5 Å². The second-order valence-electron chi connectivity index (χ2n) is 2.53. The molecular formula is C7H8N4OS. The van der Waals surface area contributed by atoms with Crippen molar-refractivity contribution < 1.29 is 4.52 Å². The smallest absolute Gasteiger partial charge is 0.202 e. The molecule has 1 N–H and O–H groups in total. The number of aryl methyl sites for hydroxylation is 1. The number of nitrogens with one attached hydrogen (secondary N) is 1. The summed E-state index contributed by atoms with van der Waals surface area (Å²) in [5.74, 6) is 0.799. The van der Waals surface area contributed by atoms with Gasteiger partial charge in [0.2, 0.25) is 5.13 Å². The lowest BCUT2D eigenvalue weighted by molar-refractivity contribution is 0.384. The van der Waals surface area contributed by atoms with E-state index in [0.717, 1.165) is 16.6 Å². The number of hydrogen-bond acceptors (Lipinski definition) is 6. The molecule has 2 aromatic rings. The maximum atomic E-state index is 5.01. The van der Waals surface area contributed by atoms with Gasteiger partial charge in [0.25, 0.3) is 0 Å². The molecule has 68 valence electrons. The van der Waals surface area contributed by atoms with E-state index in [-0.39, 0.29) is 0 Å². The molecule has 0 aliphatic heterocycles. The molecule has 0 aliphatic rings. The molecule has 13 heavy (non-hydrogen) atoms. The van der Waals surface area contributed by atoms with Crippen LogP contribution < -0.4 is 5.32 Å². The minimum absolute atomic E-state index is 0.593. The molecule has 0 spiro atoms. The summed E-state index contributed by atoms with van der Waals surface area (Å²) in [7, 11) is 0. The maximum Gasteiger partial charge on any atom is 0.202 e. The predicted molar refractivity (Wildman–Crippen MR) is 48.5 cm³/mol. The topological polar surface area (TPSA) is 63.8 Å². The Balaban J connectivity index is 1.93. The van der Waals surface area contributed by atoms with Crippen molar-refractivity contribution in [2.45, 2.75) is 13.5 Å². The highest BCUT2D eigenvalue weighted by molar-refractivity contribution is 7.09. The summed E-state index contributed by atoms with van der Waals surface area (Å²) in [5, 5.41) is 7.62. The van der Waals surface area contributed by atoms with E-state index in [0.29, 0.717) is 6.54 Å². The van der Waals surface area contributed by atoms with Gasteiger partial charge in [0.1, 0.15) is 6.33 Å². The molecule has 0 bridgehead atoms. The van der Waals surface area contributed by atoms with E-state index < -0.39 is 0 Å². The first kappa shape index (κ1) is 8.18. The number of hydrogen-bond donors (Lipinski definition) is 1. The Bertz CT molecular complexity index is 370. The number of aromatic nitrogens is 3. The van der Waals surface area contributed by atoms with Crippen molar-refractivity contribution in [1.82, 2.24) is 14.5 Å². The highest BCUT2D eigenvalue weighted by Gasteiger charge is 2.01. The second-order valence-corrected chi connectivity index (χ2v) is 3.31.